The van der Waals surface area contributed by atoms with Crippen LogP contribution in [0, 0.1) is 0 Å². The number of rotatable bonds is 2. The summed E-state index contributed by atoms with van der Waals surface area (Å²) in [5, 5.41) is 0. The van der Waals surface area contributed by atoms with E-state index in [1.165, 1.54) is 0 Å². The van der Waals surface area contributed by atoms with Crippen LogP contribution in [0.4, 0.5) is 0 Å². The van der Waals surface area contributed by atoms with Gasteiger partial charge in [-0.15, -0.1) is 0 Å². The van der Waals surface area contributed by atoms with Gasteiger partial charge in [0.05, 0.1) is 12.9 Å². The van der Waals surface area contributed by atoms with E-state index in [0.717, 1.165) is 18.4 Å². The number of ether oxygens (including phenoxy) is 1. The summed E-state index contributed by atoms with van der Waals surface area (Å²) in [6, 6.07) is 0. The Morgan fingerprint density at radius 1 is 1.60 bits per heavy atom. The number of allylic oxidation sites excluding steroid dienone is 1. The van der Waals surface area contributed by atoms with Gasteiger partial charge in [0.15, 0.2) is 5.78 Å². The minimum absolute atomic E-state index is 0.258. The van der Waals surface area contributed by atoms with Crippen LogP contribution in [0.5, 0.6) is 0 Å². The molecule has 0 saturated heterocycles. The Morgan fingerprint density at radius 3 is 2.90 bits per heavy atom. The first-order chi connectivity index (χ1) is 4.84. The summed E-state index contributed by atoms with van der Waals surface area (Å²) in [7, 11) is 0. The zero-order valence-corrected chi connectivity index (χ0v) is 6.22. The molecule has 0 aromatic heterocycles. The summed E-state index contributed by atoms with van der Waals surface area (Å²) >= 11 is 0. The summed E-state index contributed by atoms with van der Waals surface area (Å²) in [6.07, 6.45) is 4.21. The van der Waals surface area contributed by atoms with Crippen LogP contribution in [0.3, 0.4) is 0 Å². The van der Waals surface area contributed by atoms with E-state index < -0.39 is 0 Å². The van der Waals surface area contributed by atoms with Crippen molar-refractivity contribution < 1.29 is 9.53 Å². The molecule has 0 N–H and O–H groups in total. The van der Waals surface area contributed by atoms with Crippen LogP contribution in [-0.4, -0.2) is 12.4 Å². The van der Waals surface area contributed by atoms with Crippen molar-refractivity contribution in [1.29, 1.82) is 0 Å². The Labute approximate surface area is 60.9 Å². The molecule has 0 atom stereocenters. The number of carbonyl (C=O) groups excluding carboxylic acids is 1. The average molecular weight is 140 g/mol. The van der Waals surface area contributed by atoms with Crippen molar-refractivity contribution in [3.8, 4) is 0 Å². The first-order valence-electron chi connectivity index (χ1n) is 3.68. The van der Waals surface area contributed by atoms with Crippen molar-refractivity contribution >= 4 is 5.78 Å². The Kier molecular flexibility index (Phi) is 2.49. The van der Waals surface area contributed by atoms with E-state index in [-0.39, 0.29) is 5.78 Å². The predicted molar refractivity (Wildman–Crippen MR) is 38.6 cm³/mol. The SMILES string of the molecule is CCO/C=C1\CCCC1=O. The molecular weight excluding hydrogens is 128 g/mol. The normalized spacial score (nSPS) is 22.1. The lowest BCUT2D eigenvalue weighted by molar-refractivity contribution is -0.114. The molecule has 2 nitrogen and oxygen atoms in total. The van der Waals surface area contributed by atoms with Crippen molar-refractivity contribution in [2.45, 2.75) is 26.2 Å². The Balaban J connectivity index is 2.46. The molecule has 56 valence electrons. The molecule has 0 radical (unpaired) electrons. The van der Waals surface area contributed by atoms with Gasteiger partial charge in [-0.25, -0.2) is 0 Å². The summed E-state index contributed by atoms with van der Waals surface area (Å²) in [5.41, 5.74) is 0.863. The fourth-order valence-corrected chi connectivity index (χ4v) is 1.05. The molecule has 0 aromatic rings. The van der Waals surface area contributed by atoms with E-state index in [1.807, 2.05) is 6.92 Å². The van der Waals surface area contributed by atoms with Crippen LogP contribution >= 0.6 is 0 Å². The van der Waals surface area contributed by atoms with E-state index in [1.54, 1.807) is 6.26 Å². The molecule has 1 saturated carbocycles. The van der Waals surface area contributed by atoms with Gasteiger partial charge >= 0.3 is 0 Å². The van der Waals surface area contributed by atoms with Gasteiger partial charge in [0.2, 0.25) is 0 Å². The van der Waals surface area contributed by atoms with Crippen molar-refractivity contribution in [2.24, 2.45) is 0 Å². The van der Waals surface area contributed by atoms with Gasteiger partial charge in [-0.05, 0) is 19.8 Å². The fraction of sp³-hybridized carbons (Fsp3) is 0.625. The van der Waals surface area contributed by atoms with E-state index >= 15 is 0 Å². The van der Waals surface area contributed by atoms with Gasteiger partial charge < -0.3 is 4.74 Å². The summed E-state index contributed by atoms with van der Waals surface area (Å²) in [4.78, 5) is 10.9. The van der Waals surface area contributed by atoms with Crippen LogP contribution in [-0.2, 0) is 9.53 Å². The van der Waals surface area contributed by atoms with Gasteiger partial charge in [-0.3, -0.25) is 4.79 Å². The highest BCUT2D eigenvalue weighted by Crippen LogP contribution is 2.19. The zero-order valence-electron chi connectivity index (χ0n) is 6.22. The molecule has 0 spiro atoms. The van der Waals surface area contributed by atoms with Gasteiger partial charge in [0, 0.05) is 12.0 Å². The van der Waals surface area contributed by atoms with Crippen LogP contribution in [0.25, 0.3) is 0 Å². The standard InChI is InChI=1S/C8H12O2/c1-2-10-6-7-4-3-5-8(7)9/h6H,2-5H2,1H3/b7-6+. The van der Waals surface area contributed by atoms with Crippen molar-refractivity contribution in [3.05, 3.63) is 11.8 Å². The van der Waals surface area contributed by atoms with Crippen LogP contribution in [0.1, 0.15) is 26.2 Å². The fourth-order valence-electron chi connectivity index (χ4n) is 1.05. The highest BCUT2D eigenvalue weighted by Gasteiger charge is 2.16. The first kappa shape index (κ1) is 7.32. The third kappa shape index (κ3) is 1.59. The number of hydrogen-bond donors (Lipinski definition) is 0. The smallest absolute Gasteiger partial charge is 0.161 e. The summed E-state index contributed by atoms with van der Waals surface area (Å²) < 4.78 is 5.00. The Hall–Kier alpha value is -0.790. The zero-order chi connectivity index (χ0) is 7.40. The lowest BCUT2D eigenvalue weighted by Gasteiger charge is -1.95. The molecule has 10 heavy (non-hydrogen) atoms. The largest absolute Gasteiger partial charge is 0.501 e. The minimum atomic E-state index is 0.258. The summed E-state index contributed by atoms with van der Waals surface area (Å²) in [6.45, 7) is 2.56. The number of hydrogen-bond acceptors (Lipinski definition) is 2. The lowest BCUT2D eigenvalue weighted by atomic mass is 10.2. The molecule has 1 fully saturated rings. The molecule has 1 aliphatic carbocycles. The summed E-state index contributed by atoms with van der Waals surface area (Å²) in [5.74, 6) is 0.258. The van der Waals surface area contributed by atoms with E-state index in [4.69, 9.17) is 4.74 Å². The predicted octanol–water partition coefficient (Wildman–Crippen LogP) is 1.66. The monoisotopic (exact) mass is 140 g/mol. The lowest BCUT2D eigenvalue weighted by Crippen LogP contribution is -1.92. The molecule has 2 heteroatoms. The van der Waals surface area contributed by atoms with Crippen LogP contribution in [0.2, 0.25) is 0 Å². The second-order valence-corrected chi connectivity index (χ2v) is 2.38. The van der Waals surface area contributed by atoms with Crippen LogP contribution < -0.4 is 0 Å². The van der Waals surface area contributed by atoms with E-state index in [9.17, 15) is 4.79 Å². The molecule has 1 rings (SSSR count). The molecule has 0 aromatic carbocycles. The number of ketones is 1. The second kappa shape index (κ2) is 3.40. The highest BCUT2D eigenvalue weighted by molar-refractivity contribution is 5.97. The second-order valence-electron chi connectivity index (χ2n) is 2.38. The van der Waals surface area contributed by atoms with Gasteiger partial charge in [0.1, 0.15) is 0 Å². The molecule has 0 aliphatic heterocycles. The van der Waals surface area contributed by atoms with Crippen molar-refractivity contribution in [3.63, 3.8) is 0 Å². The molecular formula is C8H12O2. The van der Waals surface area contributed by atoms with Crippen molar-refractivity contribution in [2.75, 3.05) is 6.61 Å². The maximum absolute atomic E-state index is 10.9. The first-order valence-corrected chi connectivity index (χ1v) is 3.68. The van der Waals surface area contributed by atoms with Crippen LogP contribution in [0.15, 0.2) is 11.8 Å². The minimum Gasteiger partial charge on any atom is -0.501 e. The highest BCUT2D eigenvalue weighted by atomic mass is 16.5. The average Bonchev–Trinajstić information content (AvgIpc) is 2.31. The Bertz CT molecular complexity index is 159. The quantitative estimate of drug-likeness (QED) is 0.430. The maximum Gasteiger partial charge on any atom is 0.161 e. The Morgan fingerprint density at radius 2 is 2.40 bits per heavy atom. The number of carbonyl (C=O) groups is 1. The van der Waals surface area contributed by atoms with Gasteiger partial charge in [-0.1, -0.05) is 0 Å². The van der Waals surface area contributed by atoms with Gasteiger partial charge in [0.25, 0.3) is 0 Å². The number of Topliss-reactive ketones (excluding diaryl/α,β-unsaturated/α-hetero) is 1. The van der Waals surface area contributed by atoms with E-state index in [2.05, 4.69) is 0 Å². The molecule has 0 bridgehead atoms. The molecule has 0 amide bonds. The molecule has 0 heterocycles. The van der Waals surface area contributed by atoms with Gasteiger partial charge in [-0.2, -0.15) is 0 Å². The third-order valence-electron chi connectivity index (χ3n) is 1.60. The van der Waals surface area contributed by atoms with Crippen molar-refractivity contribution in [1.82, 2.24) is 0 Å². The third-order valence-corrected chi connectivity index (χ3v) is 1.60. The molecule has 1 aliphatic rings. The maximum atomic E-state index is 10.9. The van der Waals surface area contributed by atoms with E-state index in [0.29, 0.717) is 13.0 Å². The molecule has 0 unspecified atom stereocenters. The topological polar surface area (TPSA) is 26.3 Å².